The summed E-state index contributed by atoms with van der Waals surface area (Å²) in [5.74, 6) is 0.542. The SMILES string of the molecule is CS(=O)(=O)Nc1ccc(-c2ccc(C=NN3CC(=O)NC3=O)o2)cc1. The number of nitrogens with zero attached hydrogens (tertiary/aromatic N) is 2. The van der Waals surface area contributed by atoms with Crippen molar-refractivity contribution in [3.63, 3.8) is 0 Å². The van der Waals surface area contributed by atoms with Crippen molar-refractivity contribution in [2.45, 2.75) is 0 Å². The maximum absolute atomic E-state index is 11.4. The van der Waals surface area contributed by atoms with Crippen molar-refractivity contribution >= 4 is 33.9 Å². The van der Waals surface area contributed by atoms with Gasteiger partial charge in [-0.3, -0.25) is 14.8 Å². The molecule has 25 heavy (non-hydrogen) atoms. The van der Waals surface area contributed by atoms with Crippen LogP contribution in [-0.2, 0) is 14.8 Å². The van der Waals surface area contributed by atoms with Crippen LogP contribution in [0.3, 0.4) is 0 Å². The minimum absolute atomic E-state index is 0.127. The molecule has 1 aliphatic heterocycles. The Bertz CT molecular complexity index is 947. The number of sulfonamides is 1. The average molecular weight is 362 g/mol. The zero-order valence-electron chi connectivity index (χ0n) is 13.1. The van der Waals surface area contributed by atoms with Crippen molar-refractivity contribution in [3.8, 4) is 11.3 Å². The minimum Gasteiger partial charge on any atom is -0.455 e. The topological polar surface area (TPSA) is 121 Å². The molecule has 2 aromatic rings. The molecule has 130 valence electrons. The maximum atomic E-state index is 11.4. The molecule has 0 unspecified atom stereocenters. The van der Waals surface area contributed by atoms with Crippen molar-refractivity contribution in [2.75, 3.05) is 17.5 Å². The van der Waals surface area contributed by atoms with Gasteiger partial charge in [0.1, 0.15) is 18.1 Å². The van der Waals surface area contributed by atoms with E-state index in [1.54, 1.807) is 36.4 Å². The fourth-order valence-corrected chi connectivity index (χ4v) is 2.71. The number of imide groups is 1. The Morgan fingerprint density at radius 3 is 2.52 bits per heavy atom. The Morgan fingerprint density at radius 2 is 1.92 bits per heavy atom. The second-order valence-corrected chi connectivity index (χ2v) is 7.06. The number of benzene rings is 1. The van der Waals surface area contributed by atoms with E-state index in [1.165, 1.54) is 6.21 Å². The van der Waals surface area contributed by atoms with Gasteiger partial charge in [0.25, 0.3) is 0 Å². The van der Waals surface area contributed by atoms with E-state index in [0.717, 1.165) is 16.8 Å². The van der Waals surface area contributed by atoms with Gasteiger partial charge in [0.05, 0.1) is 12.5 Å². The van der Waals surface area contributed by atoms with Crippen molar-refractivity contribution in [3.05, 3.63) is 42.2 Å². The lowest BCUT2D eigenvalue weighted by atomic mass is 10.1. The molecular formula is C15H14N4O5S. The molecule has 2 N–H and O–H groups in total. The quantitative estimate of drug-likeness (QED) is 0.611. The molecule has 9 nitrogen and oxygen atoms in total. The second-order valence-electron chi connectivity index (χ2n) is 5.31. The highest BCUT2D eigenvalue weighted by atomic mass is 32.2. The van der Waals surface area contributed by atoms with Crippen LogP contribution in [0, 0.1) is 0 Å². The average Bonchev–Trinajstić information content (AvgIpc) is 3.11. The standard InChI is InChI=1S/C15H14N4O5S/c1-25(22,23)18-11-4-2-10(3-5-11)13-7-6-12(24-13)8-16-19-9-14(20)17-15(19)21/h2-8,18H,9H2,1H3,(H,17,20,21). The Kier molecular flexibility index (Phi) is 4.28. The number of anilines is 1. The lowest BCUT2D eigenvalue weighted by Gasteiger charge is -2.04. The highest BCUT2D eigenvalue weighted by Crippen LogP contribution is 2.23. The molecule has 2 heterocycles. The molecule has 1 aromatic carbocycles. The Labute approximate surface area is 143 Å². The molecule has 1 aromatic heterocycles. The number of amides is 3. The first-order valence-corrected chi connectivity index (χ1v) is 9.03. The van der Waals surface area contributed by atoms with Crippen LogP contribution in [0.15, 0.2) is 45.9 Å². The number of furan rings is 1. The van der Waals surface area contributed by atoms with Gasteiger partial charge in [0.2, 0.25) is 15.9 Å². The molecule has 1 aliphatic rings. The van der Waals surface area contributed by atoms with Crippen LogP contribution in [0.25, 0.3) is 11.3 Å². The van der Waals surface area contributed by atoms with Gasteiger partial charge in [-0.25, -0.2) is 18.2 Å². The summed E-state index contributed by atoms with van der Waals surface area (Å²) in [6, 6.07) is 9.45. The summed E-state index contributed by atoms with van der Waals surface area (Å²) in [7, 11) is -3.33. The third-order valence-electron chi connectivity index (χ3n) is 3.20. The number of rotatable bonds is 5. The summed E-state index contributed by atoms with van der Waals surface area (Å²) in [5.41, 5.74) is 1.19. The fourth-order valence-electron chi connectivity index (χ4n) is 2.14. The van der Waals surface area contributed by atoms with Crippen LogP contribution in [0.5, 0.6) is 0 Å². The molecule has 0 aliphatic carbocycles. The Morgan fingerprint density at radius 1 is 1.20 bits per heavy atom. The number of urea groups is 1. The molecule has 0 saturated carbocycles. The van der Waals surface area contributed by atoms with E-state index in [1.807, 2.05) is 0 Å². The van der Waals surface area contributed by atoms with Gasteiger partial charge < -0.3 is 4.42 Å². The van der Waals surface area contributed by atoms with Crippen LogP contribution < -0.4 is 10.0 Å². The van der Waals surface area contributed by atoms with E-state index < -0.39 is 22.0 Å². The van der Waals surface area contributed by atoms with Gasteiger partial charge >= 0.3 is 6.03 Å². The highest BCUT2D eigenvalue weighted by molar-refractivity contribution is 7.92. The van der Waals surface area contributed by atoms with Gasteiger partial charge in [-0.2, -0.15) is 5.10 Å². The number of carbonyl (C=O) groups excluding carboxylic acids is 2. The summed E-state index contributed by atoms with van der Waals surface area (Å²) in [6.45, 7) is -0.127. The molecule has 0 radical (unpaired) electrons. The predicted molar refractivity (Wildman–Crippen MR) is 90.4 cm³/mol. The molecule has 10 heteroatoms. The number of nitrogens with one attached hydrogen (secondary N) is 2. The smallest absolute Gasteiger partial charge is 0.344 e. The minimum atomic E-state index is -3.33. The van der Waals surface area contributed by atoms with Gasteiger partial charge in [0.15, 0.2) is 0 Å². The normalized spacial score (nSPS) is 15.0. The zero-order chi connectivity index (χ0) is 18.0. The van der Waals surface area contributed by atoms with E-state index in [-0.39, 0.29) is 6.54 Å². The van der Waals surface area contributed by atoms with Crippen molar-refractivity contribution in [2.24, 2.45) is 5.10 Å². The fraction of sp³-hybridized carbons (Fsp3) is 0.133. The number of hydrazone groups is 1. The second kappa shape index (κ2) is 6.40. The number of hydrogen-bond donors (Lipinski definition) is 2. The third-order valence-corrected chi connectivity index (χ3v) is 3.80. The van der Waals surface area contributed by atoms with Crippen LogP contribution in [0.1, 0.15) is 5.76 Å². The highest BCUT2D eigenvalue weighted by Gasteiger charge is 2.26. The van der Waals surface area contributed by atoms with Gasteiger partial charge in [-0.1, -0.05) is 0 Å². The number of carbonyl (C=O) groups is 2. The molecule has 0 spiro atoms. The first-order chi connectivity index (χ1) is 11.8. The van der Waals surface area contributed by atoms with Crippen molar-refractivity contribution < 1.29 is 22.4 Å². The zero-order valence-corrected chi connectivity index (χ0v) is 13.9. The van der Waals surface area contributed by atoms with Gasteiger partial charge in [-0.15, -0.1) is 0 Å². The van der Waals surface area contributed by atoms with Crippen molar-refractivity contribution in [1.82, 2.24) is 10.3 Å². The first kappa shape index (κ1) is 16.7. The van der Waals surface area contributed by atoms with Crippen LogP contribution >= 0.6 is 0 Å². The Balaban J connectivity index is 1.71. The summed E-state index contributed by atoms with van der Waals surface area (Å²) < 4.78 is 30.3. The lowest BCUT2D eigenvalue weighted by Crippen LogP contribution is -2.24. The first-order valence-electron chi connectivity index (χ1n) is 7.13. The molecule has 0 bridgehead atoms. The molecular weight excluding hydrogens is 348 g/mol. The third kappa shape index (κ3) is 4.23. The largest absolute Gasteiger partial charge is 0.455 e. The maximum Gasteiger partial charge on any atom is 0.344 e. The van der Waals surface area contributed by atoms with E-state index in [0.29, 0.717) is 17.2 Å². The van der Waals surface area contributed by atoms with E-state index in [9.17, 15) is 18.0 Å². The van der Waals surface area contributed by atoms with Crippen molar-refractivity contribution in [1.29, 1.82) is 0 Å². The van der Waals surface area contributed by atoms with Crippen LogP contribution in [0.4, 0.5) is 10.5 Å². The molecule has 3 amide bonds. The lowest BCUT2D eigenvalue weighted by molar-refractivity contribution is -0.118. The molecule has 1 saturated heterocycles. The summed E-state index contributed by atoms with van der Waals surface area (Å²) in [6.07, 6.45) is 2.41. The Hall–Kier alpha value is -3.14. The number of hydrogen-bond acceptors (Lipinski definition) is 6. The molecule has 0 atom stereocenters. The van der Waals surface area contributed by atoms with Crippen LogP contribution in [0.2, 0.25) is 0 Å². The molecule has 1 fully saturated rings. The van der Waals surface area contributed by atoms with Crippen LogP contribution in [-0.4, -0.2) is 44.4 Å². The van der Waals surface area contributed by atoms with Gasteiger partial charge in [0, 0.05) is 11.3 Å². The van der Waals surface area contributed by atoms with E-state index in [2.05, 4.69) is 15.1 Å². The summed E-state index contributed by atoms with van der Waals surface area (Å²) >= 11 is 0. The predicted octanol–water partition coefficient (Wildman–Crippen LogP) is 1.20. The summed E-state index contributed by atoms with van der Waals surface area (Å²) in [5, 5.41) is 7.00. The van der Waals surface area contributed by atoms with Gasteiger partial charge in [-0.05, 0) is 36.4 Å². The summed E-state index contributed by atoms with van der Waals surface area (Å²) in [4.78, 5) is 22.4. The van der Waals surface area contributed by atoms with E-state index >= 15 is 0 Å². The van der Waals surface area contributed by atoms with E-state index in [4.69, 9.17) is 4.42 Å². The monoisotopic (exact) mass is 362 g/mol. The molecule has 3 rings (SSSR count).